The lowest BCUT2D eigenvalue weighted by atomic mass is 10.1. The van der Waals surface area contributed by atoms with Crippen molar-refractivity contribution in [3.63, 3.8) is 0 Å². The molecule has 0 spiro atoms. The van der Waals surface area contributed by atoms with E-state index in [0.717, 1.165) is 17.1 Å². The molecular weight excluding hydrogens is 306 g/mol. The topological polar surface area (TPSA) is 63.7 Å². The lowest BCUT2D eigenvalue weighted by Gasteiger charge is -2.26. The summed E-state index contributed by atoms with van der Waals surface area (Å²) in [5.74, 6) is 1.16. The first-order valence-electron chi connectivity index (χ1n) is 7.84. The minimum atomic E-state index is -0.131. The summed E-state index contributed by atoms with van der Waals surface area (Å²) >= 11 is 0. The van der Waals surface area contributed by atoms with Crippen LogP contribution in [0.2, 0.25) is 0 Å². The van der Waals surface area contributed by atoms with Crippen LogP contribution in [0.5, 0.6) is 11.5 Å². The Bertz CT molecular complexity index is 748. The van der Waals surface area contributed by atoms with Crippen LogP contribution in [-0.2, 0) is 11.3 Å². The second kappa shape index (κ2) is 6.78. The Labute approximate surface area is 141 Å². The smallest absolute Gasteiger partial charge is 0.229 e. The van der Waals surface area contributed by atoms with Gasteiger partial charge in [0, 0.05) is 18.8 Å². The van der Waals surface area contributed by atoms with E-state index in [1.165, 1.54) is 0 Å². The molecule has 1 aromatic heterocycles. The molecule has 6 nitrogen and oxygen atoms in total. The molecule has 0 fully saturated rings. The van der Waals surface area contributed by atoms with E-state index in [0.29, 0.717) is 24.6 Å². The number of para-hydroxylation sites is 2. The van der Waals surface area contributed by atoms with Gasteiger partial charge in [-0.2, -0.15) is 0 Å². The molecule has 126 valence electrons. The average molecular weight is 327 g/mol. The monoisotopic (exact) mass is 327 g/mol. The van der Waals surface area contributed by atoms with Crippen molar-refractivity contribution in [1.29, 1.82) is 0 Å². The number of carbonyl (C=O) groups is 1. The number of fused-ring (bicyclic) bond motifs is 1. The second-order valence-corrected chi connectivity index (χ2v) is 5.78. The Morgan fingerprint density at radius 2 is 2.04 bits per heavy atom. The maximum atomic E-state index is 12.2. The van der Waals surface area contributed by atoms with Crippen LogP contribution < -0.4 is 19.7 Å². The van der Waals surface area contributed by atoms with Gasteiger partial charge in [-0.05, 0) is 12.1 Å². The summed E-state index contributed by atoms with van der Waals surface area (Å²) in [6, 6.07) is 9.56. The summed E-state index contributed by atoms with van der Waals surface area (Å²) in [7, 11) is 3.21. The van der Waals surface area contributed by atoms with Gasteiger partial charge in [-0.1, -0.05) is 19.1 Å². The zero-order chi connectivity index (χ0) is 17.1. The van der Waals surface area contributed by atoms with Crippen molar-refractivity contribution < 1.29 is 14.3 Å². The fourth-order valence-corrected chi connectivity index (χ4v) is 2.92. The first kappa shape index (κ1) is 16.1. The molecule has 0 aliphatic carbocycles. The van der Waals surface area contributed by atoms with Crippen LogP contribution >= 0.6 is 0 Å². The largest absolute Gasteiger partial charge is 0.493 e. The summed E-state index contributed by atoms with van der Waals surface area (Å²) in [6.07, 6.45) is 1.70. The van der Waals surface area contributed by atoms with Crippen molar-refractivity contribution >= 4 is 17.3 Å². The van der Waals surface area contributed by atoms with Gasteiger partial charge in [0.2, 0.25) is 5.91 Å². The Balaban J connectivity index is 1.99. The molecule has 6 heteroatoms. The van der Waals surface area contributed by atoms with Crippen molar-refractivity contribution in [3.8, 4) is 11.5 Å². The first-order valence-corrected chi connectivity index (χ1v) is 7.84. The van der Waals surface area contributed by atoms with Crippen LogP contribution in [0.4, 0.5) is 11.4 Å². The van der Waals surface area contributed by atoms with Gasteiger partial charge in [0.15, 0.2) is 11.5 Å². The Morgan fingerprint density at radius 3 is 2.79 bits per heavy atom. The van der Waals surface area contributed by atoms with E-state index in [1.807, 2.05) is 31.2 Å². The van der Waals surface area contributed by atoms with Crippen LogP contribution in [0, 0.1) is 5.92 Å². The number of hydrogen-bond donors (Lipinski definition) is 1. The number of pyridine rings is 1. The third kappa shape index (κ3) is 2.99. The molecule has 2 heterocycles. The van der Waals surface area contributed by atoms with Crippen LogP contribution in [0.25, 0.3) is 0 Å². The molecule has 0 saturated carbocycles. The first-order chi connectivity index (χ1) is 11.6. The van der Waals surface area contributed by atoms with Gasteiger partial charge < -0.3 is 19.7 Å². The molecule has 1 atom stereocenters. The normalized spacial score (nSPS) is 16.9. The molecule has 1 N–H and O–H groups in total. The Kier molecular flexibility index (Phi) is 4.55. The van der Waals surface area contributed by atoms with Crippen LogP contribution in [0.3, 0.4) is 0 Å². The number of rotatable bonds is 4. The van der Waals surface area contributed by atoms with E-state index in [9.17, 15) is 4.79 Å². The van der Waals surface area contributed by atoms with Gasteiger partial charge in [0.1, 0.15) is 5.69 Å². The van der Waals surface area contributed by atoms with E-state index >= 15 is 0 Å². The van der Waals surface area contributed by atoms with Crippen molar-refractivity contribution in [2.75, 3.05) is 31.0 Å². The molecular formula is C18H21N3O3. The number of methoxy groups -OCH3 is 2. The van der Waals surface area contributed by atoms with Crippen molar-refractivity contribution in [3.05, 3.63) is 42.2 Å². The van der Waals surface area contributed by atoms with E-state index in [2.05, 4.69) is 15.2 Å². The van der Waals surface area contributed by atoms with Crippen molar-refractivity contribution in [2.24, 2.45) is 5.92 Å². The summed E-state index contributed by atoms with van der Waals surface area (Å²) < 4.78 is 10.8. The van der Waals surface area contributed by atoms with E-state index < -0.39 is 0 Å². The van der Waals surface area contributed by atoms with Gasteiger partial charge in [-0.3, -0.25) is 9.78 Å². The minimum Gasteiger partial charge on any atom is -0.493 e. The number of aromatic nitrogens is 1. The van der Waals surface area contributed by atoms with Crippen LogP contribution in [-0.4, -0.2) is 31.7 Å². The highest BCUT2D eigenvalue weighted by molar-refractivity contribution is 5.97. The second-order valence-electron chi connectivity index (χ2n) is 5.78. The van der Waals surface area contributed by atoms with Crippen LogP contribution in [0.1, 0.15) is 12.6 Å². The maximum absolute atomic E-state index is 12.2. The molecule has 0 bridgehead atoms. The predicted octanol–water partition coefficient (Wildman–Crippen LogP) is 2.69. The summed E-state index contributed by atoms with van der Waals surface area (Å²) in [5.41, 5.74) is 2.56. The number of anilines is 2. The predicted molar refractivity (Wildman–Crippen MR) is 92.6 cm³/mol. The molecule has 0 radical (unpaired) electrons. The molecule has 1 aliphatic rings. The van der Waals surface area contributed by atoms with E-state index in [-0.39, 0.29) is 11.8 Å². The fraction of sp³-hybridized carbons (Fsp3) is 0.333. The molecule has 0 saturated heterocycles. The van der Waals surface area contributed by atoms with E-state index in [1.54, 1.807) is 26.5 Å². The third-order valence-electron chi connectivity index (χ3n) is 4.15. The molecule has 2 aromatic rings. The number of nitrogens with zero attached hydrogens (tertiary/aromatic N) is 2. The number of benzene rings is 1. The SMILES string of the molecule is COc1ccnc(CN2C[C@H](C)C(=O)Nc3ccccc32)c1OC. The van der Waals surface area contributed by atoms with Gasteiger partial charge in [-0.25, -0.2) is 0 Å². The third-order valence-corrected chi connectivity index (χ3v) is 4.15. The standard InChI is InChI=1S/C18H21N3O3/c1-12-10-21(15-7-5-4-6-13(15)20-18(12)22)11-14-17(24-3)16(23-2)8-9-19-14/h4-9,12H,10-11H2,1-3H3,(H,20,22)/t12-/m0/s1. The average Bonchev–Trinajstić information content (AvgIpc) is 2.72. The lowest BCUT2D eigenvalue weighted by Crippen LogP contribution is -2.30. The highest BCUT2D eigenvalue weighted by Gasteiger charge is 2.26. The number of amides is 1. The zero-order valence-corrected chi connectivity index (χ0v) is 14.1. The quantitative estimate of drug-likeness (QED) is 0.935. The van der Waals surface area contributed by atoms with Gasteiger partial charge in [0.25, 0.3) is 0 Å². The Hall–Kier alpha value is -2.76. The molecule has 1 aromatic carbocycles. The minimum absolute atomic E-state index is 0.0236. The van der Waals surface area contributed by atoms with E-state index in [4.69, 9.17) is 9.47 Å². The molecule has 0 unspecified atom stereocenters. The molecule has 3 rings (SSSR count). The zero-order valence-electron chi connectivity index (χ0n) is 14.1. The van der Waals surface area contributed by atoms with Gasteiger partial charge >= 0.3 is 0 Å². The van der Waals surface area contributed by atoms with Crippen molar-refractivity contribution in [2.45, 2.75) is 13.5 Å². The molecule has 1 amide bonds. The van der Waals surface area contributed by atoms with Crippen molar-refractivity contribution in [1.82, 2.24) is 4.98 Å². The van der Waals surface area contributed by atoms with Crippen LogP contribution in [0.15, 0.2) is 36.5 Å². The van der Waals surface area contributed by atoms with Gasteiger partial charge in [-0.15, -0.1) is 0 Å². The number of carbonyl (C=O) groups excluding carboxylic acids is 1. The highest BCUT2D eigenvalue weighted by atomic mass is 16.5. The highest BCUT2D eigenvalue weighted by Crippen LogP contribution is 2.34. The lowest BCUT2D eigenvalue weighted by molar-refractivity contribution is -0.119. The summed E-state index contributed by atoms with van der Waals surface area (Å²) in [4.78, 5) is 18.8. The molecule has 1 aliphatic heterocycles. The number of nitrogens with one attached hydrogen (secondary N) is 1. The summed E-state index contributed by atoms with van der Waals surface area (Å²) in [5, 5.41) is 2.98. The number of ether oxygens (including phenoxy) is 2. The number of hydrogen-bond acceptors (Lipinski definition) is 5. The molecule has 24 heavy (non-hydrogen) atoms. The maximum Gasteiger partial charge on any atom is 0.229 e. The Morgan fingerprint density at radius 1 is 1.25 bits per heavy atom. The summed E-state index contributed by atoms with van der Waals surface area (Å²) in [6.45, 7) is 3.05. The van der Waals surface area contributed by atoms with Gasteiger partial charge in [0.05, 0.1) is 38.1 Å². The fourth-order valence-electron chi connectivity index (χ4n) is 2.92.